The van der Waals surface area contributed by atoms with Crippen molar-refractivity contribution in [2.45, 2.75) is 0 Å². The molecule has 82 valence electrons. The van der Waals surface area contributed by atoms with E-state index in [2.05, 4.69) is 4.74 Å². The molecule has 1 heterocycles. The summed E-state index contributed by atoms with van der Waals surface area (Å²) < 4.78 is 9.45. The van der Waals surface area contributed by atoms with Gasteiger partial charge >= 0.3 is 5.97 Å². The molecule has 0 N–H and O–H groups in total. The maximum atomic E-state index is 11.4. The van der Waals surface area contributed by atoms with Crippen LogP contribution in [0.25, 0.3) is 11.1 Å². The van der Waals surface area contributed by atoms with Gasteiger partial charge < -0.3 is 19.1 Å². The predicted molar refractivity (Wildman–Crippen MR) is 51.0 cm³/mol. The second-order valence-electron chi connectivity index (χ2n) is 3.14. The fraction of sp³-hybridized carbons (Fsp3) is 0.0909. The summed E-state index contributed by atoms with van der Waals surface area (Å²) in [4.78, 5) is 22.1. The van der Waals surface area contributed by atoms with Crippen LogP contribution >= 0.6 is 0 Å². The third kappa shape index (κ3) is 1.42. The average molecular weight is 219 g/mol. The Bertz CT molecular complexity index is 525. The zero-order chi connectivity index (χ0) is 11.7. The van der Waals surface area contributed by atoms with Crippen molar-refractivity contribution in [1.82, 2.24) is 0 Å². The smallest absolute Gasteiger partial charge is 0.341 e. The van der Waals surface area contributed by atoms with E-state index < -0.39 is 11.9 Å². The molecule has 0 aromatic heterocycles. The highest BCUT2D eigenvalue weighted by Crippen LogP contribution is 2.31. The molecule has 0 radical (unpaired) electrons. The molecule has 0 fully saturated rings. The van der Waals surface area contributed by atoms with Crippen LogP contribution < -0.4 is 5.11 Å². The van der Waals surface area contributed by atoms with Gasteiger partial charge in [-0.3, -0.25) is 0 Å². The summed E-state index contributed by atoms with van der Waals surface area (Å²) in [5.41, 5.74) is 0.970. The quantitative estimate of drug-likeness (QED) is 0.688. The highest BCUT2D eigenvalue weighted by Gasteiger charge is 2.19. The molecule has 2 aliphatic rings. The second kappa shape index (κ2) is 3.69. The summed E-state index contributed by atoms with van der Waals surface area (Å²) in [6.45, 7) is 0. The number of hydrogen-bond donors (Lipinski definition) is 0. The minimum absolute atomic E-state index is 0.00972. The van der Waals surface area contributed by atoms with Gasteiger partial charge in [0.05, 0.1) is 19.3 Å². The number of hydrogen-bond acceptors (Lipinski definition) is 5. The van der Waals surface area contributed by atoms with E-state index in [4.69, 9.17) is 4.42 Å². The first-order chi connectivity index (χ1) is 7.65. The van der Waals surface area contributed by atoms with E-state index in [0.717, 1.165) is 0 Å². The Kier molecular flexibility index (Phi) is 2.36. The molecule has 1 aliphatic heterocycles. The minimum atomic E-state index is -1.31. The molecule has 0 unspecified atom stereocenters. The SMILES string of the molecule is COC(=O)c1cocc2c(C(=O)[O-])ccc1-2. The van der Waals surface area contributed by atoms with Crippen LogP contribution in [-0.2, 0) is 4.74 Å². The van der Waals surface area contributed by atoms with Gasteiger partial charge in [0, 0.05) is 16.7 Å². The molecule has 5 heteroatoms. The van der Waals surface area contributed by atoms with Gasteiger partial charge in [-0.1, -0.05) is 12.1 Å². The van der Waals surface area contributed by atoms with Crippen LogP contribution in [0.5, 0.6) is 0 Å². The van der Waals surface area contributed by atoms with Gasteiger partial charge in [-0.25, -0.2) is 4.79 Å². The number of carbonyl (C=O) groups excluding carboxylic acids is 2. The molecule has 0 aromatic rings. The van der Waals surface area contributed by atoms with Crippen molar-refractivity contribution in [3.05, 3.63) is 35.8 Å². The molecule has 0 bridgehead atoms. The van der Waals surface area contributed by atoms with Crippen LogP contribution in [0.1, 0.15) is 20.7 Å². The fourth-order valence-electron chi connectivity index (χ4n) is 1.53. The van der Waals surface area contributed by atoms with Crippen molar-refractivity contribution in [3.63, 3.8) is 0 Å². The van der Waals surface area contributed by atoms with Crippen LogP contribution in [-0.4, -0.2) is 19.0 Å². The molecule has 16 heavy (non-hydrogen) atoms. The Hall–Kier alpha value is -2.30. The van der Waals surface area contributed by atoms with E-state index >= 15 is 0 Å². The van der Waals surface area contributed by atoms with E-state index in [-0.39, 0.29) is 11.1 Å². The van der Waals surface area contributed by atoms with Crippen molar-refractivity contribution < 1.29 is 23.8 Å². The lowest BCUT2D eigenvalue weighted by Crippen LogP contribution is -2.22. The van der Waals surface area contributed by atoms with Crippen molar-refractivity contribution in [1.29, 1.82) is 0 Å². The van der Waals surface area contributed by atoms with Gasteiger partial charge in [0.1, 0.15) is 11.8 Å². The number of methoxy groups -OCH3 is 1. The third-order valence-electron chi connectivity index (χ3n) is 2.28. The number of ether oxygens (including phenoxy) is 1. The van der Waals surface area contributed by atoms with Gasteiger partial charge in [0.25, 0.3) is 0 Å². The molecular weight excluding hydrogens is 212 g/mol. The van der Waals surface area contributed by atoms with Gasteiger partial charge in [-0.05, 0) is 0 Å². The normalized spacial score (nSPS) is 10.3. The van der Waals surface area contributed by atoms with Crippen LogP contribution in [0.2, 0.25) is 0 Å². The minimum Gasteiger partial charge on any atom is -0.545 e. The molecule has 2 rings (SSSR count). The van der Waals surface area contributed by atoms with Crippen molar-refractivity contribution in [2.75, 3.05) is 7.11 Å². The van der Waals surface area contributed by atoms with Crippen LogP contribution in [0.3, 0.4) is 0 Å². The Balaban J connectivity index is 2.60. The Morgan fingerprint density at radius 3 is 2.56 bits per heavy atom. The number of carbonyl (C=O) groups is 2. The molecule has 0 spiro atoms. The summed E-state index contributed by atoms with van der Waals surface area (Å²) >= 11 is 0. The zero-order valence-electron chi connectivity index (χ0n) is 8.35. The number of carboxylic acid groups (broad SMARTS) is 1. The summed E-state index contributed by atoms with van der Waals surface area (Å²) in [7, 11) is 1.24. The molecule has 0 saturated heterocycles. The lowest BCUT2D eigenvalue weighted by atomic mass is 10.1. The molecular formula is C11H7O5-. The van der Waals surface area contributed by atoms with Gasteiger partial charge in [-0.2, -0.15) is 0 Å². The summed E-state index contributed by atoms with van der Waals surface area (Å²) in [6, 6.07) is 2.88. The fourth-order valence-corrected chi connectivity index (χ4v) is 1.53. The van der Waals surface area contributed by atoms with Gasteiger partial charge in [0.2, 0.25) is 0 Å². The number of fused-ring (bicyclic) bond motifs is 1. The average Bonchev–Trinajstić information content (AvgIpc) is 2.71. The lowest BCUT2D eigenvalue weighted by molar-refractivity contribution is -0.254. The van der Waals surface area contributed by atoms with E-state index in [0.29, 0.717) is 11.1 Å². The maximum Gasteiger partial charge on any atom is 0.341 e. The van der Waals surface area contributed by atoms with Gasteiger partial charge in [-0.15, -0.1) is 0 Å². The summed E-state index contributed by atoms with van der Waals surface area (Å²) in [6.07, 6.45) is 2.47. The van der Waals surface area contributed by atoms with Gasteiger partial charge in [0.15, 0.2) is 0 Å². The van der Waals surface area contributed by atoms with E-state index in [1.807, 2.05) is 0 Å². The second-order valence-corrected chi connectivity index (χ2v) is 3.14. The monoisotopic (exact) mass is 219 g/mol. The van der Waals surface area contributed by atoms with E-state index in [9.17, 15) is 14.7 Å². The predicted octanol–water partition coefficient (Wildman–Crippen LogP) is 0.534. The molecule has 0 atom stereocenters. The van der Waals surface area contributed by atoms with E-state index in [1.54, 1.807) is 0 Å². The third-order valence-corrected chi connectivity index (χ3v) is 2.28. The molecule has 0 amide bonds. The summed E-state index contributed by atoms with van der Waals surface area (Å²) in [5, 5.41) is 10.8. The first-order valence-electron chi connectivity index (χ1n) is 4.43. The maximum absolute atomic E-state index is 11.4. The van der Waals surface area contributed by atoms with Crippen LogP contribution in [0.4, 0.5) is 0 Å². The van der Waals surface area contributed by atoms with Crippen LogP contribution in [0.15, 0.2) is 29.1 Å². The van der Waals surface area contributed by atoms with Crippen molar-refractivity contribution in [3.8, 4) is 11.1 Å². The number of rotatable bonds is 2. The van der Waals surface area contributed by atoms with Crippen molar-refractivity contribution in [2.24, 2.45) is 0 Å². The molecule has 5 nitrogen and oxygen atoms in total. The first-order valence-corrected chi connectivity index (χ1v) is 4.43. The van der Waals surface area contributed by atoms with Crippen molar-refractivity contribution >= 4 is 11.9 Å². The topological polar surface area (TPSA) is 79.6 Å². The zero-order valence-corrected chi connectivity index (χ0v) is 8.35. The standard InChI is InChI=1S/C11H8O5/c1-15-11(14)9-5-16-4-8-6(9)2-3-7(8)10(12)13/h2-5H,1H3,(H,12,13)/p-1. The Labute approximate surface area is 90.6 Å². The largest absolute Gasteiger partial charge is 0.545 e. The molecule has 1 aliphatic carbocycles. The highest BCUT2D eigenvalue weighted by molar-refractivity contribution is 6.03. The molecule has 0 aromatic carbocycles. The van der Waals surface area contributed by atoms with E-state index in [1.165, 1.54) is 31.8 Å². The first kappa shape index (κ1) is 10.2. The summed E-state index contributed by atoms with van der Waals surface area (Å²) in [5.74, 6) is -1.89. The Morgan fingerprint density at radius 2 is 1.94 bits per heavy atom. The highest BCUT2D eigenvalue weighted by atomic mass is 16.5. The van der Waals surface area contributed by atoms with Crippen LogP contribution in [0, 0.1) is 0 Å². The Morgan fingerprint density at radius 1 is 1.19 bits per heavy atom. The number of aromatic carboxylic acids is 1. The lowest BCUT2D eigenvalue weighted by Gasteiger charge is -2.07. The number of carboxylic acids is 1. The molecule has 0 saturated carbocycles. The number of esters is 1.